The molecule has 3 unspecified atom stereocenters. The summed E-state index contributed by atoms with van der Waals surface area (Å²) in [5.74, 6) is 0.682. The van der Waals surface area contributed by atoms with Crippen molar-refractivity contribution in [2.75, 3.05) is 19.8 Å². The van der Waals surface area contributed by atoms with E-state index in [0.717, 1.165) is 26.3 Å². The van der Waals surface area contributed by atoms with Gasteiger partial charge in [0.1, 0.15) is 0 Å². The van der Waals surface area contributed by atoms with Crippen LogP contribution in [0.3, 0.4) is 0 Å². The third kappa shape index (κ3) is 3.94. The monoisotopic (exact) mass is 340 g/mol. The molecular formula is C20H28N4O. The lowest BCUT2D eigenvalue weighted by atomic mass is 9.93. The van der Waals surface area contributed by atoms with Crippen LogP contribution in [0, 0.1) is 5.92 Å². The van der Waals surface area contributed by atoms with Gasteiger partial charge in [-0.3, -0.25) is 4.68 Å². The van der Waals surface area contributed by atoms with Crippen LogP contribution in [0.2, 0.25) is 0 Å². The Morgan fingerprint density at radius 1 is 1.32 bits per heavy atom. The minimum Gasteiger partial charge on any atom is -0.379 e. The highest BCUT2D eigenvalue weighted by atomic mass is 16.5. The molecule has 134 valence electrons. The Hall–Kier alpha value is -1.69. The average Bonchev–Trinajstić information content (AvgIpc) is 3.30. The van der Waals surface area contributed by atoms with E-state index in [4.69, 9.17) is 4.74 Å². The highest BCUT2D eigenvalue weighted by molar-refractivity contribution is 5.62. The van der Waals surface area contributed by atoms with Gasteiger partial charge in [-0.05, 0) is 36.0 Å². The number of nitrogens with zero attached hydrogens (tertiary/aromatic N) is 2. The highest BCUT2D eigenvalue weighted by Crippen LogP contribution is 2.30. The van der Waals surface area contributed by atoms with Crippen molar-refractivity contribution in [1.29, 1.82) is 0 Å². The summed E-state index contributed by atoms with van der Waals surface area (Å²) in [7, 11) is 1.96. The highest BCUT2D eigenvalue weighted by Gasteiger charge is 2.34. The van der Waals surface area contributed by atoms with E-state index in [1.54, 1.807) is 0 Å². The lowest BCUT2D eigenvalue weighted by molar-refractivity contribution is 0.0524. The summed E-state index contributed by atoms with van der Waals surface area (Å²) in [4.78, 5) is 0. The van der Waals surface area contributed by atoms with E-state index in [0.29, 0.717) is 18.0 Å². The first-order valence-corrected chi connectivity index (χ1v) is 9.42. The van der Waals surface area contributed by atoms with Crippen molar-refractivity contribution < 1.29 is 4.74 Å². The molecule has 2 heterocycles. The zero-order valence-electron chi connectivity index (χ0n) is 14.9. The Morgan fingerprint density at radius 3 is 3.08 bits per heavy atom. The zero-order chi connectivity index (χ0) is 17.1. The molecule has 25 heavy (non-hydrogen) atoms. The third-order valence-electron chi connectivity index (χ3n) is 5.57. The van der Waals surface area contributed by atoms with Crippen LogP contribution in [0.15, 0.2) is 36.7 Å². The number of benzene rings is 1. The molecule has 0 amide bonds. The number of aryl methyl sites for hydroxylation is 1. The van der Waals surface area contributed by atoms with Crippen molar-refractivity contribution in [2.45, 2.75) is 37.9 Å². The van der Waals surface area contributed by atoms with Gasteiger partial charge in [0.2, 0.25) is 0 Å². The van der Waals surface area contributed by atoms with E-state index in [1.807, 2.05) is 17.9 Å². The first-order valence-electron chi connectivity index (χ1n) is 9.42. The lowest BCUT2D eigenvalue weighted by Gasteiger charge is -2.33. The van der Waals surface area contributed by atoms with Crippen LogP contribution in [0.5, 0.6) is 0 Å². The molecular weight excluding hydrogens is 312 g/mol. The molecule has 1 aliphatic heterocycles. The molecule has 1 saturated carbocycles. The summed E-state index contributed by atoms with van der Waals surface area (Å²) < 4.78 is 7.52. The van der Waals surface area contributed by atoms with E-state index >= 15 is 0 Å². The number of hydrogen-bond donors (Lipinski definition) is 2. The van der Waals surface area contributed by atoms with Crippen LogP contribution in [0.1, 0.15) is 24.8 Å². The SMILES string of the molecule is Cn1cc(-c2cccc(CNC3CCCC3C3COCCN3)c2)cn1. The molecule has 3 atom stereocenters. The fourth-order valence-corrected chi connectivity index (χ4v) is 4.26. The van der Waals surface area contributed by atoms with Crippen LogP contribution >= 0.6 is 0 Å². The molecule has 5 heteroatoms. The van der Waals surface area contributed by atoms with Crippen molar-refractivity contribution in [3.05, 3.63) is 42.2 Å². The molecule has 2 fully saturated rings. The Kier molecular flexibility index (Phi) is 5.15. The van der Waals surface area contributed by atoms with Crippen molar-refractivity contribution in [3.8, 4) is 11.1 Å². The number of rotatable bonds is 5. The van der Waals surface area contributed by atoms with Gasteiger partial charge in [0, 0.05) is 44.0 Å². The first-order chi connectivity index (χ1) is 12.3. The van der Waals surface area contributed by atoms with Crippen LogP contribution < -0.4 is 10.6 Å². The second-order valence-electron chi connectivity index (χ2n) is 7.32. The molecule has 1 saturated heterocycles. The van der Waals surface area contributed by atoms with Gasteiger partial charge in [0.05, 0.1) is 19.4 Å². The van der Waals surface area contributed by atoms with Gasteiger partial charge in [-0.25, -0.2) is 0 Å². The van der Waals surface area contributed by atoms with Crippen molar-refractivity contribution in [3.63, 3.8) is 0 Å². The molecule has 4 rings (SSSR count). The van der Waals surface area contributed by atoms with E-state index < -0.39 is 0 Å². The smallest absolute Gasteiger partial charge is 0.0623 e. The zero-order valence-corrected chi connectivity index (χ0v) is 14.9. The van der Waals surface area contributed by atoms with Crippen molar-refractivity contribution in [1.82, 2.24) is 20.4 Å². The van der Waals surface area contributed by atoms with Crippen molar-refractivity contribution >= 4 is 0 Å². The lowest BCUT2D eigenvalue weighted by Crippen LogP contribution is -2.50. The minimum atomic E-state index is 0.510. The molecule has 0 bridgehead atoms. The fraction of sp³-hybridized carbons (Fsp3) is 0.550. The second kappa shape index (κ2) is 7.68. The fourth-order valence-electron chi connectivity index (χ4n) is 4.26. The molecule has 0 spiro atoms. The normalized spacial score (nSPS) is 26.8. The van der Waals surface area contributed by atoms with Gasteiger partial charge in [-0.15, -0.1) is 0 Å². The Bertz CT molecular complexity index is 693. The summed E-state index contributed by atoms with van der Waals surface area (Å²) in [6.45, 7) is 3.62. The Balaban J connectivity index is 1.39. The van der Waals surface area contributed by atoms with Crippen molar-refractivity contribution in [2.24, 2.45) is 13.0 Å². The molecule has 1 aromatic carbocycles. The summed E-state index contributed by atoms with van der Waals surface area (Å²) >= 11 is 0. The topological polar surface area (TPSA) is 51.1 Å². The second-order valence-corrected chi connectivity index (χ2v) is 7.32. The van der Waals surface area contributed by atoms with E-state index in [2.05, 4.69) is 46.2 Å². The maximum Gasteiger partial charge on any atom is 0.0623 e. The largest absolute Gasteiger partial charge is 0.379 e. The standard InChI is InChI=1S/C20H28N4O/c1-24-13-17(12-23-24)16-5-2-4-15(10-16)11-22-19-7-3-6-18(19)20-14-25-9-8-21-20/h2,4-5,10,12-13,18-22H,3,6-9,11,14H2,1H3. The number of ether oxygens (including phenoxy) is 1. The van der Waals surface area contributed by atoms with E-state index in [1.165, 1.54) is 36.0 Å². The van der Waals surface area contributed by atoms with E-state index in [9.17, 15) is 0 Å². The van der Waals surface area contributed by atoms with Crippen LogP contribution in [-0.2, 0) is 18.3 Å². The Morgan fingerprint density at radius 2 is 2.28 bits per heavy atom. The van der Waals surface area contributed by atoms with Gasteiger partial charge in [-0.2, -0.15) is 5.10 Å². The van der Waals surface area contributed by atoms with Gasteiger partial charge in [0.15, 0.2) is 0 Å². The summed E-state index contributed by atoms with van der Waals surface area (Å²) in [6.07, 6.45) is 7.87. The molecule has 1 aromatic heterocycles. The van der Waals surface area contributed by atoms with E-state index in [-0.39, 0.29) is 0 Å². The molecule has 1 aliphatic carbocycles. The van der Waals surface area contributed by atoms with Crippen LogP contribution in [-0.4, -0.2) is 41.6 Å². The third-order valence-corrected chi connectivity index (χ3v) is 5.57. The predicted octanol–water partition coefficient (Wildman–Crippen LogP) is 2.33. The van der Waals surface area contributed by atoms with Gasteiger partial charge in [0.25, 0.3) is 0 Å². The predicted molar refractivity (Wildman–Crippen MR) is 99.2 cm³/mol. The number of aromatic nitrogens is 2. The van der Waals surface area contributed by atoms with Crippen LogP contribution in [0.4, 0.5) is 0 Å². The summed E-state index contributed by atoms with van der Waals surface area (Å²) in [6, 6.07) is 9.87. The maximum atomic E-state index is 5.67. The molecule has 2 aliphatic rings. The molecule has 2 N–H and O–H groups in total. The first kappa shape index (κ1) is 16.8. The molecule has 2 aromatic rings. The summed E-state index contributed by atoms with van der Waals surface area (Å²) in [5, 5.41) is 11.7. The maximum absolute atomic E-state index is 5.67. The number of morpholine rings is 1. The van der Waals surface area contributed by atoms with Crippen LogP contribution in [0.25, 0.3) is 11.1 Å². The van der Waals surface area contributed by atoms with Gasteiger partial charge < -0.3 is 15.4 Å². The number of hydrogen-bond acceptors (Lipinski definition) is 4. The average molecular weight is 340 g/mol. The van der Waals surface area contributed by atoms with Gasteiger partial charge >= 0.3 is 0 Å². The molecule has 0 radical (unpaired) electrons. The van der Waals surface area contributed by atoms with Gasteiger partial charge in [-0.1, -0.05) is 24.6 Å². The quantitative estimate of drug-likeness (QED) is 0.877. The number of nitrogens with one attached hydrogen (secondary N) is 2. The molecule has 5 nitrogen and oxygen atoms in total. The Labute approximate surface area is 149 Å². The minimum absolute atomic E-state index is 0.510. The summed E-state index contributed by atoms with van der Waals surface area (Å²) in [5.41, 5.74) is 3.74.